The molecule has 0 aliphatic heterocycles. The van der Waals surface area contributed by atoms with Crippen molar-refractivity contribution in [1.29, 1.82) is 0 Å². The first-order chi connectivity index (χ1) is 17.9. The summed E-state index contributed by atoms with van der Waals surface area (Å²) in [5.74, 6) is 1.66. The minimum atomic E-state index is -1.63. The summed E-state index contributed by atoms with van der Waals surface area (Å²) >= 11 is 48.3. The zero-order valence-electron chi connectivity index (χ0n) is 18.7. The van der Waals surface area contributed by atoms with Crippen molar-refractivity contribution >= 4 is 92.8 Å². The van der Waals surface area contributed by atoms with E-state index in [-0.39, 0.29) is 5.15 Å². The second kappa shape index (κ2) is 10.8. The molecule has 2 aromatic heterocycles. The van der Waals surface area contributed by atoms with Gasteiger partial charge in [-0.1, -0.05) is 129 Å². The molecule has 38 heavy (non-hydrogen) atoms. The van der Waals surface area contributed by atoms with Crippen LogP contribution >= 0.6 is 92.8 Å². The van der Waals surface area contributed by atoms with E-state index in [2.05, 4.69) is 9.97 Å². The van der Waals surface area contributed by atoms with Crippen LogP contribution in [0.4, 0.5) is 0 Å². The van der Waals surface area contributed by atoms with Crippen LogP contribution in [0.15, 0.2) is 81.8 Å². The molecule has 0 unspecified atom stereocenters. The van der Waals surface area contributed by atoms with Crippen LogP contribution in [-0.4, -0.2) is 9.97 Å². The van der Waals surface area contributed by atoms with Gasteiger partial charge in [-0.25, -0.2) is 4.98 Å². The molecule has 0 radical (unpaired) electrons. The molecule has 3 aromatic carbocycles. The molecule has 0 fully saturated rings. The second-order valence-corrected chi connectivity index (χ2v) is 13.3. The third-order valence-electron chi connectivity index (χ3n) is 5.50. The highest BCUT2D eigenvalue weighted by molar-refractivity contribution is 6.67. The van der Waals surface area contributed by atoms with Crippen molar-refractivity contribution in [2.75, 3.05) is 0 Å². The van der Waals surface area contributed by atoms with Gasteiger partial charge in [0, 0.05) is 38.4 Å². The number of alkyl halides is 6. The fraction of sp³-hybridized carbons (Fsp3) is 0.0769. The molecule has 194 valence electrons. The van der Waals surface area contributed by atoms with Crippen molar-refractivity contribution in [2.45, 2.75) is 7.59 Å². The lowest BCUT2D eigenvalue weighted by molar-refractivity contribution is 0.587. The Labute approximate surface area is 257 Å². The maximum atomic E-state index is 6.35. The maximum absolute atomic E-state index is 6.35. The van der Waals surface area contributed by atoms with Crippen LogP contribution in [0, 0.1) is 0 Å². The number of aromatic nitrogens is 2. The van der Waals surface area contributed by atoms with Crippen molar-refractivity contribution in [3.05, 3.63) is 94.2 Å². The van der Waals surface area contributed by atoms with E-state index in [0.717, 1.165) is 5.56 Å². The van der Waals surface area contributed by atoms with Gasteiger partial charge >= 0.3 is 0 Å². The quantitative estimate of drug-likeness (QED) is 0.179. The van der Waals surface area contributed by atoms with E-state index in [1.807, 2.05) is 24.3 Å². The van der Waals surface area contributed by atoms with Gasteiger partial charge in [-0.2, -0.15) is 4.98 Å². The number of rotatable bonds is 4. The highest BCUT2D eigenvalue weighted by Gasteiger charge is 2.26. The molecule has 0 spiro atoms. The molecular formula is C26H12Cl8N2O2. The minimum absolute atomic E-state index is 0.211. The summed E-state index contributed by atoms with van der Waals surface area (Å²) in [6, 6.07) is 19.2. The summed E-state index contributed by atoms with van der Waals surface area (Å²) < 4.78 is 8.73. The summed E-state index contributed by atoms with van der Waals surface area (Å²) in [6.07, 6.45) is 1.60. The Morgan fingerprint density at radius 2 is 1.18 bits per heavy atom. The molecule has 0 saturated heterocycles. The molecule has 0 aliphatic rings. The average molecular weight is 668 g/mol. The van der Waals surface area contributed by atoms with Gasteiger partial charge in [-0.3, -0.25) is 0 Å². The molecule has 0 bridgehead atoms. The Morgan fingerprint density at radius 1 is 0.605 bits per heavy atom. The van der Waals surface area contributed by atoms with Gasteiger partial charge in [0.05, 0.1) is 6.20 Å². The van der Waals surface area contributed by atoms with Crippen LogP contribution in [0.5, 0.6) is 0 Å². The van der Waals surface area contributed by atoms with Gasteiger partial charge in [0.1, 0.15) is 0 Å². The number of oxazole rings is 2. The third-order valence-corrected chi connectivity index (χ3v) is 7.34. The van der Waals surface area contributed by atoms with E-state index >= 15 is 0 Å². The van der Waals surface area contributed by atoms with Crippen LogP contribution < -0.4 is 0 Å². The van der Waals surface area contributed by atoms with E-state index in [1.165, 1.54) is 0 Å². The smallest absolute Gasteiger partial charge is 0.228 e. The lowest BCUT2D eigenvalue weighted by Crippen LogP contribution is -2.00. The monoisotopic (exact) mass is 664 g/mol. The van der Waals surface area contributed by atoms with Crippen LogP contribution in [0.3, 0.4) is 0 Å². The Kier molecular flexibility index (Phi) is 7.91. The Bertz CT molecular complexity index is 1600. The van der Waals surface area contributed by atoms with Gasteiger partial charge in [-0.15, -0.1) is 0 Å². The fourth-order valence-corrected chi connectivity index (χ4v) is 5.17. The fourth-order valence-electron chi connectivity index (χ4n) is 3.61. The zero-order valence-corrected chi connectivity index (χ0v) is 24.7. The number of benzene rings is 3. The lowest BCUT2D eigenvalue weighted by atomic mass is 10.1. The van der Waals surface area contributed by atoms with Crippen molar-refractivity contribution < 1.29 is 8.83 Å². The number of halogens is 8. The van der Waals surface area contributed by atoms with Crippen LogP contribution in [0.1, 0.15) is 11.1 Å². The summed E-state index contributed by atoms with van der Waals surface area (Å²) in [7, 11) is 0. The van der Waals surface area contributed by atoms with Gasteiger partial charge in [0.2, 0.25) is 19.4 Å². The predicted octanol–water partition coefficient (Wildman–Crippen LogP) is 11.3. The SMILES string of the molecule is Clc1cc(-c2cnc(-c3ccc(-c4nc(Cl)c(-c5ccc(C(Cl)(Cl)Cl)cc5)o4)cc3)o2)ccc1C(Cl)(Cl)Cl. The molecule has 4 nitrogen and oxygen atoms in total. The minimum Gasteiger partial charge on any atom is -0.436 e. The standard InChI is InChI=1S/C26H12Cl8N2O2/c27-19-11-16(7-10-18(19)26(32,33)34)20-12-35-23(37-20)14-1-3-15(4-2-14)24-36-22(28)21(38-24)13-5-8-17(9-6-13)25(29,30)31/h1-12H. The average Bonchev–Trinajstić information content (AvgIpc) is 3.50. The summed E-state index contributed by atoms with van der Waals surface area (Å²) in [5.41, 5.74) is 3.72. The number of nitrogens with zero attached hydrogens (tertiary/aromatic N) is 2. The third kappa shape index (κ3) is 5.94. The van der Waals surface area contributed by atoms with Crippen LogP contribution in [0.25, 0.3) is 45.6 Å². The molecule has 5 rings (SSSR count). The highest BCUT2D eigenvalue weighted by atomic mass is 35.6. The van der Waals surface area contributed by atoms with Crippen LogP contribution in [-0.2, 0) is 7.59 Å². The summed E-state index contributed by atoms with van der Waals surface area (Å²) in [5, 5.41) is 0.512. The number of hydrogen-bond donors (Lipinski definition) is 0. The van der Waals surface area contributed by atoms with E-state index < -0.39 is 7.59 Å². The topological polar surface area (TPSA) is 52.1 Å². The summed E-state index contributed by atoms with van der Waals surface area (Å²) in [4.78, 5) is 8.72. The first-order valence-electron chi connectivity index (χ1n) is 10.7. The largest absolute Gasteiger partial charge is 0.436 e. The molecule has 0 saturated carbocycles. The molecule has 5 aromatic rings. The van der Waals surface area contributed by atoms with Crippen LogP contribution in [0.2, 0.25) is 10.2 Å². The van der Waals surface area contributed by atoms with E-state index in [0.29, 0.717) is 56.1 Å². The Hall–Kier alpha value is -1.60. The summed E-state index contributed by atoms with van der Waals surface area (Å²) in [6.45, 7) is 0. The van der Waals surface area contributed by atoms with E-state index in [4.69, 9.17) is 102 Å². The number of hydrogen-bond acceptors (Lipinski definition) is 4. The molecule has 0 atom stereocenters. The zero-order chi connectivity index (χ0) is 27.2. The molecule has 0 aliphatic carbocycles. The molecular weight excluding hydrogens is 656 g/mol. The molecule has 0 N–H and O–H groups in total. The normalized spacial score (nSPS) is 12.2. The second-order valence-electron chi connectivity index (χ2n) is 8.01. The molecule has 0 amide bonds. The highest BCUT2D eigenvalue weighted by Crippen LogP contribution is 2.43. The van der Waals surface area contributed by atoms with Crippen molar-refractivity contribution in [3.8, 4) is 45.6 Å². The molecule has 12 heteroatoms. The Balaban J connectivity index is 1.36. The van der Waals surface area contributed by atoms with Gasteiger partial charge < -0.3 is 8.83 Å². The predicted molar refractivity (Wildman–Crippen MR) is 157 cm³/mol. The van der Waals surface area contributed by atoms with Gasteiger partial charge in [0.25, 0.3) is 0 Å². The lowest BCUT2D eigenvalue weighted by Gasteiger charge is -2.13. The first kappa shape index (κ1) is 27.9. The van der Waals surface area contributed by atoms with Gasteiger partial charge in [-0.05, 0) is 30.3 Å². The van der Waals surface area contributed by atoms with Crippen molar-refractivity contribution in [3.63, 3.8) is 0 Å². The van der Waals surface area contributed by atoms with E-state index in [1.54, 1.807) is 48.7 Å². The Morgan fingerprint density at radius 3 is 1.76 bits per heavy atom. The first-order valence-corrected chi connectivity index (χ1v) is 13.7. The van der Waals surface area contributed by atoms with Crippen molar-refractivity contribution in [1.82, 2.24) is 9.97 Å². The molecule has 2 heterocycles. The van der Waals surface area contributed by atoms with Crippen molar-refractivity contribution in [2.24, 2.45) is 0 Å². The van der Waals surface area contributed by atoms with E-state index in [9.17, 15) is 0 Å². The van der Waals surface area contributed by atoms with Gasteiger partial charge in [0.15, 0.2) is 16.7 Å². The maximum Gasteiger partial charge on any atom is 0.228 e.